The van der Waals surface area contributed by atoms with E-state index >= 15 is 0 Å². The molecule has 2 heterocycles. The van der Waals surface area contributed by atoms with Crippen molar-refractivity contribution in [2.24, 2.45) is 0 Å². The summed E-state index contributed by atoms with van der Waals surface area (Å²) >= 11 is 0. The second-order valence-electron chi connectivity index (χ2n) is 6.97. The number of aliphatic hydroxyl groups excluding tert-OH is 1. The first-order valence-electron chi connectivity index (χ1n) is 9.79. The van der Waals surface area contributed by atoms with Gasteiger partial charge >= 0.3 is 0 Å². The van der Waals surface area contributed by atoms with Crippen LogP contribution < -0.4 is 5.32 Å². The Balaban J connectivity index is 1.98. The summed E-state index contributed by atoms with van der Waals surface area (Å²) in [7, 11) is 0. The second-order valence-corrected chi connectivity index (χ2v) is 6.97. The second kappa shape index (κ2) is 10.9. The lowest BCUT2D eigenvalue weighted by atomic mass is 10.0. The van der Waals surface area contributed by atoms with Gasteiger partial charge in [-0.2, -0.15) is 0 Å². The van der Waals surface area contributed by atoms with Gasteiger partial charge in [-0.25, -0.2) is 0 Å². The first-order chi connectivity index (χ1) is 12.6. The predicted octanol–water partition coefficient (Wildman–Crippen LogP) is 2.58. The van der Waals surface area contributed by atoms with Crippen LogP contribution in [0.15, 0.2) is 24.5 Å². The number of likely N-dealkylation sites (tertiary alicyclic amines) is 1. The van der Waals surface area contributed by atoms with Crippen molar-refractivity contribution in [2.75, 3.05) is 13.1 Å². The van der Waals surface area contributed by atoms with E-state index in [0.29, 0.717) is 25.1 Å². The molecule has 144 valence electrons. The summed E-state index contributed by atoms with van der Waals surface area (Å²) in [6, 6.07) is 2.40. The maximum atomic E-state index is 12.8. The molecule has 0 spiro atoms. The first-order valence-corrected chi connectivity index (χ1v) is 9.79. The standard InChI is InChI=1S/C20H31N3O3/c1-2-3-4-5-6-9-17(24)22-18(20(26)23-14-7-8-15-23)19(25)16-10-12-21-13-11-16/h10-13,18-19,25H,2-9,14-15H2,1H3,(H,22,24)/t18-,19?/m1/s1. The van der Waals surface area contributed by atoms with Crippen molar-refractivity contribution >= 4 is 11.8 Å². The molecule has 1 unspecified atom stereocenters. The number of nitrogens with one attached hydrogen (secondary N) is 1. The van der Waals surface area contributed by atoms with Crippen LogP contribution in [0, 0.1) is 0 Å². The number of carbonyl (C=O) groups excluding carboxylic acids is 2. The molecule has 1 aliphatic rings. The van der Waals surface area contributed by atoms with Gasteiger partial charge in [-0.05, 0) is 37.0 Å². The molecular weight excluding hydrogens is 330 g/mol. The molecule has 1 fully saturated rings. The van der Waals surface area contributed by atoms with Gasteiger partial charge in [0.05, 0.1) is 0 Å². The topological polar surface area (TPSA) is 82.5 Å². The zero-order valence-corrected chi connectivity index (χ0v) is 15.7. The highest BCUT2D eigenvalue weighted by Gasteiger charge is 2.33. The zero-order valence-electron chi connectivity index (χ0n) is 15.7. The highest BCUT2D eigenvalue weighted by molar-refractivity contribution is 5.88. The van der Waals surface area contributed by atoms with Crippen LogP contribution in [0.25, 0.3) is 0 Å². The highest BCUT2D eigenvalue weighted by atomic mass is 16.3. The molecule has 2 atom stereocenters. The smallest absolute Gasteiger partial charge is 0.248 e. The van der Waals surface area contributed by atoms with Crippen molar-refractivity contribution in [3.05, 3.63) is 30.1 Å². The number of pyridine rings is 1. The third kappa shape index (κ3) is 6.09. The Morgan fingerprint density at radius 3 is 2.46 bits per heavy atom. The van der Waals surface area contributed by atoms with Crippen LogP contribution in [0.1, 0.15) is 70.0 Å². The Kier molecular flexibility index (Phi) is 8.54. The molecule has 1 aromatic rings. The van der Waals surface area contributed by atoms with Gasteiger partial charge in [-0.1, -0.05) is 32.6 Å². The molecule has 0 saturated carbocycles. The third-order valence-electron chi connectivity index (χ3n) is 4.87. The quantitative estimate of drug-likeness (QED) is 0.628. The fourth-order valence-corrected chi connectivity index (χ4v) is 3.30. The molecule has 2 amide bonds. The third-order valence-corrected chi connectivity index (χ3v) is 4.87. The number of hydrogen-bond acceptors (Lipinski definition) is 4. The first kappa shape index (κ1) is 20.4. The van der Waals surface area contributed by atoms with E-state index in [0.717, 1.165) is 38.5 Å². The summed E-state index contributed by atoms with van der Waals surface area (Å²) < 4.78 is 0. The number of carbonyl (C=O) groups is 2. The number of rotatable bonds is 10. The Morgan fingerprint density at radius 1 is 1.15 bits per heavy atom. The number of hydrogen-bond donors (Lipinski definition) is 2. The minimum Gasteiger partial charge on any atom is -0.386 e. The Labute approximate surface area is 156 Å². The molecule has 2 rings (SSSR count). The molecule has 6 nitrogen and oxygen atoms in total. The number of nitrogens with zero attached hydrogens (tertiary/aromatic N) is 2. The van der Waals surface area contributed by atoms with Crippen molar-refractivity contribution in [1.29, 1.82) is 0 Å². The molecule has 1 aliphatic heterocycles. The number of amides is 2. The highest BCUT2D eigenvalue weighted by Crippen LogP contribution is 2.20. The van der Waals surface area contributed by atoms with Crippen LogP contribution >= 0.6 is 0 Å². The lowest BCUT2D eigenvalue weighted by Crippen LogP contribution is -2.51. The molecular formula is C20H31N3O3. The van der Waals surface area contributed by atoms with Crippen molar-refractivity contribution < 1.29 is 14.7 Å². The lowest BCUT2D eigenvalue weighted by molar-refractivity contribution is -0.139. The van der Waals surface area contributed by atoms with Gasteiger partial charge in [-0.15, -0.1) is 0 Å². The summed E-state index contributed by atoms with van der Waals surface area (Å²) in [5, 5.41) is 13.5. The van der Waals surface area contributed by atoms with E-state index in [1.165, 1.54) is 6.42 Å². The molecule has 0 bridgehead atoms. The predicted molar refractivity (Wildman–Crippen MR) is 100 cm³/mol. The van der Waals surface area contributed by atoms with Crippen molar-refractivity contribution in [2.45, 2.75) is 70.4 Å². The van der Waals surface area contributed by atoms with Crippen LogP contribution in [0.5, 0.6) is 0 Å². The maximum Gasteiger partial charge on any atom is 0.248 e. The minimum absolute atomic E-state index is 0.174. The van der Waals surface area contributed by atoms with E-state index in [1.807, 2.05) is 0 Å². The monoisotopic (exact) mass is 361 g/mol. The van der Waals surface area contributed by atoms with Crippen LogP contribution in [-0.2, 0) is 9.59 Å². The molecule has 1 saturated heterocycles. The fraction of sp³-hybridized carbons (Fsp3) is 0.650. The van der Waals surface area contributed by atoms with E-state index in [-0.39, 0.29) is 11.8 Å². The number of unbranched alkanes of at least 4 members (excludes halogenated alkanes) is 4. The maximum absolute atomic E-state index is 12.8. The minimum atomic E-state index is -1.07. The van der Waals surface area contributed by atoms with Gasteiger partial charge in [0.2, 0.25) is 11.8 Å². The van der Waals surface area contributed by atoms with Crippen LogP contribution in [0.2, 0.25) is 0 Å². The van der Waals surface area contributed by atoms with E-state index in [1.54, 1.807) is 29.4 Å². The lowest BCUT2D eigenvalue weighted by Gasteiger charge is -2.28. The zero-order chi connectivity index (χ0) is 18.8. The molecule has 2 N–H and O–H groups in total. The van der Waals surface area contributed by atoms with Crippen molar-refractivity contribution in [3.63, 3.8) is 0 Å². The molecule has 0 radical (unpaired) electrons. The summed E-state index contributed by atoms with van der Waals surface area (Å²) in [6.07, 6.45) is 9.68. The molecule has 6 heteroatoms. The summed E-state index contributed by atoms with van der Waals surface area (Å²) in [5.41, 5.74) is 0.584. The summed E-state index contributed by atoms with van der Waals surface area (Å²) in [5.74, 6) is -0.377. The Morgan fingerprint density at radius 2 is 1.81 bits per heavy atom. The normalized spacial score (nSPS) is 16.3. The number of aromatic nitrogens is 1. The largest absolute Gasteiger partial charge is 0.386 e. The van der Waals surface area contributed by atoms with E-state index in [4.69, 9.17) is 0 Å². The Bertz CT molecular complexity index is 559. The van der Waals surface area contributed by atoms with Gasteiger partial charge in [0.1, 0.15) is 12.1 Å². The Hall–Kier alpha value is -1.95. The van der Waals surface area contributed by atoms with Gasteiger partial charge in [0, 0.05) is 31.9 Å². The number of aliphatic hydroxyl groups is 1. The molecule has 0 aliphatic carbocycles. The SMILES string of the molecule is CCCCCCCC(=O)N[C@@H](C(=O)N1CCCC1)C(O)c1ccncc1. The van der Waals surface area contributed by atoms with Crippen LogP contribution in [0.4, 0.5) is 0 Å². The van der Waals surface area contributed by atoms with E-state index < -0.39 is 12.1 Å². The fourth-order valence-electron chi connectivity index (χ4n) is 3.30. The molecule has 26 heavy (non-hydrogen) atoms. The van der Waals surface area contributed by atoms with Crippen LogP contribution in [0.3, 0.4) is 0 Å². The van der Waals surface area contributed by atoms with Gasteiger partial charge < -0.3 is 15.3 Å². The molecule has 0 aromatic carbocycles. The van der Waals surface area contributed by atoms with Gasteiger partial charge in [0.25, 0.3) is 0 Å². The van der Waals surface area contributed by atoms with Crippen molar-refractivity contribution in [3.8, 4) is 0 Å². The van der Waals surface area contributed by atoms with Gasteiger partial charge in [0.15, 0.2) is 0 Å². The summed E-state index contributed by atoms with van der Waals surface area (Å²) in [6.45, 7) is 3.53. The van der Waals surface area contributed by atoms with Crippen LogP contribution in [-0.4, -0.2) is 45.9 Å². The van der Waals surface area contributed by atoms with Gasteiger partial charge in [-0.3, -0.25) is 14.6 Å². The average molecular weight is 361 g/mol. The summed E-state index contributed by atoms with van der Waals surface area (Å²) in [4.78, 5) is 30.9. The molecule has 1 aromatic heterocycles. The van der Waals surface area contributed by atoms with Crippen molar-refractivity contribution in [1.82, 2.24) is 15.2 Å². The van der Waals surface area contributed by atoms with E-state index in [2.05, 4.69) is 17.2 Å². The van der Waals surface area contributed by atoms with E-state index in [9.17, 15) is 14.7 Å². The average Bonchev–Trinajstić information content (AvgIpc) is 3.20.